The van der Waals surface area contributed by atoms with Gasteiger partial charge in [-0.1, -0.05) is 11.8 Å². The number of nitrogens with one attached hydrogen (secondary N) is 1. The van der Waals surface area contributed by atoms with Crippen LogP contribution in [0.15, 0.2) is 18.2 Å². The summed E-state index contributed by atoms with van der Waals surface area (Å²) in [6.07, 6.45) is 0. The maximum absolute atomic E-state index is 11.7. The van der Waals surface area contributed by atoms with Crippen LogP contribution >= 0.6 is 11.6 Å². The van der Waals surface area contributed by atoms with Crippen LogP contribution in [0.4, 0.5) is 0 Å². The average molecular weight is 324 g/mol. The molecule has 1 aromatic rings. The van der Waals surface area contributed by atoms with E-state index in [2.05, 4.69) is 17.2 Å². The fourth-order valence-corrected chi connectivity index (χ4v) is 1.75. The third-order valence-corrected chi connectivity index (χ3v) is 3.73. The number of carbonyl (C=O) groups is 1. The summed E-state index contributed by atoms with van der Waals surface area (Å²) in [4.78, 5) is 11.7. The van der Waals surface area contributed by atoms with Gasteiger partial charge in [0.25, 0.3) is 0 Å². The highest BCUT2D eigenvalue weighted by Crippen LogP contribution is 2.34. The minimum Gasteiger partial charge on any atom is -0.481 e. The van der Waals surface area contributed by atoms with Crippen molar-refractivity contribution in [3.8, 4) is 29.1 Å². The van der Waals surface area contributed by atoms with Crippen LogP contribution in [0, 0.1) is 17.3 Å². The van der Waals surface area contributed by atoms with E-state index in [1.165, 1.54) is 0 Å². The maximum Gasteiger partial charge on any atom is 0.231 e. The first-order chi connectivity index (χ1) is 10.5. The molecule has 0 spiro atoms. The standard InChI is InChI=1S/C16H18ClNO4/c1-16(2,10-17)15(19)18-7-3-4-8-20-12-5-6-13-14(9-12)22-11-21-13/h5-6,9H,7-8,10-11H2,1-2H3,(H,18,19). The molecule has 1 amide bonds. The topological polar surface area (TPSA) is 56.8 Å². The van der Waals surface area contributed by atoms with Gasteiger partial charge in [0.15, 0.2) is 11.5 Å². The summed E-state index contributed by atoms with van der Waals surface area (Å²) in [5.41, 5.74) is -0.591. The predicted molar refractivity (Wildman–Crippen MR) is 83.3 cm³/mol. The molecule has 1 aliphatic rings. The predicted octanol–water partition coefficient (Wildman–Crippen LogP) is 2.18. The number of halogens is 1. The van der Waals surface area contributed by atoms with Gasteiger partial charge < -0.3 is 19.5 Å². The monoisotopic (exact) mass is 323 g/mol. The van der Waals surface area contributed by atoms with Crippen molar-refractivity contribution in [3.05, 3.63) is 18.2 Å². The molecule has 118 valence electrons. The van der Waals surface area contributed by atoms with Gasteiger partial charge in [-0.25, -0.2) is 0 Å². The summed E-state index contributed by atoms with van der Waals surface area (Å²) in [5, 5.41) is 2.72. The molecule has 0 bridgehead atoms. The van der Waals surface area contributed by atoms with Gasteiger partial charge in [0.1, 0.15) is 12.4 Å². The van der Waals surface area contributed by atoms with Gasteiger partial charge in [-0.05, 0) is 26.0 Å². The van der Waals surface area contributed by atoms with Gasteiger partial charge in [-0.2, -0.15) is 0 Å². The fraction of sp³-hybridized carbons (Fsp3) is 0.438. The van der Waals surface area contributed by atoms with Gasteiger partial charge >= 0.3 is 0 Å². The summed E-state index contributed by atoms with van der Waals surface area (Å²) in [7, 11) is 0. The Balaban J connectivity index is 1.72. The van der Waals surface area contributed by atoms with E-state index < -0.39 is 5.41 Å². The summed E-state index contributed by atoms with van der Waals surface area (Å²) >= 11 is 5.72. The van der Waals surface area contributed by atoms with Crippen LogP contribution in [-0.4, -0.2) is 31.7 Å². The largest absolute Gasteiger partial charge is 0.481 e. The second kappa shape index (κ2) is 7.28. The van der Waals surface area contributed by atoms with E-state index in [0.717, 1.165) is 0 Å². The van der Waals surface area contributed by atoms with Gasteiger partial charge in [0, 0.05) is 11.9 Å². The first-order valence-corrected chi connectivity index (χ1v) is 7.39. The lowest BCUT2D eigenvalue weighted by Crippen LogP contribution is -2.38. The van der Waals surface area contributed by atoms with Crippen molar-refractivity contribution in [2.75, 3.05) is 25.8 Å². The summed E-state index contributed by atoms with van der Waals surface area (Å²) in [6, 6.07) is 5.34. The second-order valence-corrected chi connectivity index (χ2v) is 5.62. The van der Waals surface area contributed by atoms with E-state index in [1.807, 2.05) is 0 Å². The molecule has 0 aromatic heterocycles. The first kappa shape index (κ1) is 16.3. The zero-order valence-corrected chi connectivity index (χ0v) is 13.3. The Kier molecular flexibility index (Phi) is 5.40. The minimum absolute atomic E-state index is 0.117. The molecule has 1 heterocycles. The Morgan fingerprint density at radius 1 is 1.36 bits per heavy atom. The smallest absolute Gasteiger partial charge is 0.231 e. The SMILES string of the molecule is CC(C)(CCl)C(=O)NCC#CCOc1ccc2c(c1)OCO2. The van der Waals surface area contributed by atoms with E-state index in [4.69, 9.17) is 25.8 Å². The van der Waals surface area contributed by atoms with Crippen LogP contribution in [0.2, 0.25) is 0 Å². The molecule has 2 rings (SSSR count). The molecule has 5 nitrogen and oxygen atoms in total. The van der Waals surface area contributed by atoms with Crippen molar-refractivity contribution in [2.45, 2.75) is 13.8 Å². The second-order valence-electron chi connectivity index (χ2n) is 5.36. The van der Waals surface area contributed by atoms with Crippen LogP contribution in [0.25, 0.3) is 0 Å². The fourth-order valence-electron chi connectivity index (χ4n) is 1.62. The van der Waals surface area contributed by atoms with Gasteiger partial charge in [-0.15, -0.1) is 11.6 Å². The number of rotatable bonds is 5. The molecule has 0 unspecified atom stereocenters. The Labute approximate surface area is 134 Å². The number of carbonyl (C=O) groups excluding carboxylic acids is 1. The Hall–Kier alpha value is -2.06. The van der Waals surface area contributed by atoms with Crippen LogP contribution < -0.4 is 19.5 Å². The van der Waals surface area contributed by atoms with Crippen molar-refractivity contribution in [1.82, 2.24) is 5.32 Å². The summed E-state index contributed by atoms with van der Waals surface area (Å²) in [6.45, 7) is 4.30. The summed E-state index contributed by atoms with van der Waals surface area (Å²) in [5.74, 6) is 7.85. The highest BCUT2D eigenvalue weighted by atomic mass is 35.5. The van der Waals surface area contributed by atoms with Crippen LogP contribution in [0.1, 0.15) is 13.8 Å². The lowest BCUT2D eigenvalue weighted by atomic mass is 9.95. The van der Waals surface area contributed by atoms with E-state index in [9.17, 15) is 4.79 Å². The lowest BCUT2D eigenvalue weighted by molar-refractivity contribution is -0.128. The lowest BCUT2D eigenvalue weighted by Gasteiger charge is -2.19. The van der Waals surface area contributed by atoms with E-state index >= 15 is 0 Å². The minimum atomic E-state index is -0.591. The molecule has 0 saturated heterocycles. The van der Waals surface area contributed by atoms with Crippen LogP contribution in [0.3, 0.4) is 0 Å². The number of fused-ring (bicyclic) bond motifs is 1. The van der Waals surface area contributed by atoms with Crippen molar-refractivity contribution in [3.63, 3.8) is 0 Å². The number of alkyl halides is 1. The number of amides is 1. The number of ether oxygens (including phenoxy) is 3. The summed E-state index contributed by atoms with van der Waals surface area (Å²) < 4.78 is 16.0. The maximum atomic E-state index is 11.7. The zero-order chi connectivity index (χ0) is 16.0. The van der Waals surface area contributed by atoms with Crippen molar-refractivity contribution < 1.29 is 19.0 Å². The molecule has 0 aliphatic carbocycles. The molecule has 1 aromatic carbocycles. The molecular formula is C16H18ClNO4. The van der Waals surface area contributed by atoms with Gasteiger partial charge in [0.05, 0.1) is 12.0 Å². The van der Waals surface area contributed by atoms with E-state index in [1.54, 1.807) is 32.0 Å². The quantitative estimate of drug-likeness (QED) is 0.666. The number of hydrogen-bond acceptors (Lipinski definition) is 4. The Morgan fingerprint density at radius 2 is 2.14 bits per heavy atom. The molecule has 0 atom stereocenters. The molecular weight excluding hydrogens is 306 g/mol. The zero-order valence-electron chi connectivity index (χ0n) is 12.6. The van der Waals surface area contributed by atoms with Crippen molar-refractivity contribution in [2.24, 2.45) is 5.41 Å². The average Bonchev–Trinajstić information content (AvgIpc) is 2.98. The normalized spacial score (nSPS) is 12.3. The molecule has 0 saturated carbocycles. The van der Waals surface area contributed by atoms with Gasteiger partial charge in [0.2, 0.25) is 12.7 Å². The molecule has 1 aliphatic heterocycles. The Bertz CT molecular complexity index is 604. The molecule has 22 heavy (non-hydrogen) atoms. The van der Waals surface area contributed by atoms with Crippen LogP contribution in [-0.2, 0) is 4.79 Å². The highest BCUT2D eigenvalue weighted by molar-refractivity contribution is 6.19. The third-order valence-electron chi connectivity index (χ3n) is 3.07. The molecule has 0 fully saturated rings. The van der Waals surface area contributed by atoms with E-state index in [-0.39, 0.29) is 31.7 Å². The molecule has 6 heteroatoms. The van der Waals surface area contributed by atoms with Gasteiger partial charge in [-0.3, -0.25) is 4.79 Å². The first-order valence-electron chi connectivity index (χ1n) is 6.85. The van der Waals surface area contributed by atoms with Crippen molar-refractivity contribution in [1.29, 1.82) is 0 Å². The Morgan fingerprint density at radius 3 is 2.91 bits per heavy atom. The van der Waals surface area contributed by atoms with Crippen LogP contribution in [0.5, 0.6) is 17.2 Å². The van der Waals surface area contributed by atoms with E-state index in [0.29, 0.717) is 17.2 Å². The highest BCUT2D eigenvalue weighted by Gasteiger charge is 2.25. The third kappa shape index (κ3) is 4.22. The van der Waals surface area contributed by atoms with Crippen molar-refractivity contribution >= 4 is 17.5 Å². The molecule has 1 N–H and O–H groups in total. The molecule has 0 radical (unpaired) electrons. The number of benzene rings is 1. The number of hydrogen-bond donors (Lipinski definition) is 1.